The van der Waals surface area contributed by atoms with Gasteiger partial charge in [-0.15, -0.1) is 0 Å². The second kappa shape index (κ2) is 14.7. The zero-order valence-corrected chi connectivity index (χ0v) is 26.2. The number of nitrogens with zero attached hydrogens (tertiary/aromatic N) is 3. The summed E-state index contributed by atoms with van der Waals surface area (Å²) in [6, 6.07) is 17.2. The first-order valence-electron chi connectivity index (χ1n) is 13.1. The van der Waals surface area contributed by atoms with Gasteiger partial charge in [0.25, 0.3) is 0 Å². The lowest BCUT2D eigenvalue weighted by atomic mass is 10.3. The summed E-state index contributed by atoms with van der Waals surface area (Å²) >= 11 is 0. The SMILES string of the molecule is CS(=O)(=O)c1ccc(NNC(=O)Nc2nc(NC(=O)NNc3ccccc3)nc(NC(=O)NNc3ccc(S(C)(=O)=O)cc3)n2)cc1. The fraction of sp³-hybridized carbons (Fsp3) is 0.0769. The molecule has 3 aromatic carbocycles. The number of sulfone groups is 2. The van der Waals surface area contributed by atoms with Crippen LogP contribution in [0.5, 0.6) is 0 Å². The first kappa shape index (κ1) is 33.7. The van der Waals surface area contributed by atoms with Crippen molar-refractivity contribution >= 4 is 72.7 Å². The first-order chi connectivity index (χ1) is 22.2. The van der Waals surface area contributed by atoms with Gasteiger partial charge >= 0.3 is 18.1 Å². The third-order valence-electron chi connectivity index (χ3n) is 5.61. The van der Waals surface area contributed by atoms with Crippen molar-refractivity contribution in [3.63, 3.8) is 0 Å². The number of urea groups is 3. The van der Waals surface area contributed by atoms with Crippen molar-refractivity contribution in [2.45, 2.75) is 9.79 Å². The lowest BCUT2D eigenvalue weighted by Crippen LogP contribution is -2.36. The minimum atomic E-state index is -3.41. The van der Waals surface area contributed by atoms with Gasteiger partial charge in [0, 0.05) is 12.5 Å². The molecule has 1 aromatic heterocycles. The van der Waals surface area contributed by atoms with Gasteiger partial charge in [0.05, 0.1) is 26.9 Å². The third kappa shape index (κ3) is 10.7. The van der Waals surface area contributed by atoms with Gasteiger partial charge in [-0.2, -0.15) is 15.0 Å². The van der Waals surface area contributed by atoms with E-state index in [1.165, 1.54) is 48.5 Å². The fourth-order valence-corrected chi connectivity index (χ4v) is 4.68. The molecule has 0 saturated heterocycles. The van der Waals surface area contributed by atoms with E-state index in [0.29, 0.717) is 17.1 Å². The van der Waals surface area contributed by atoms with E-state index in [9.17, 15) is 31.2 Å². The fourth-order valence-electron chi connectivity index (χ4n) is 3.42. The summed E-state index contributed by atoms with van der Waals surface area (Å²) in [7, 11) is -6.81. The summed E-state index contributed by atoms with van der Waals surface area (Å²) in [4.78, 5) is 49.6. The molecule has 0 bridgehead atoms. The van der Waals surface area contributed by atoms with Gasteiger partial charge in [-0.3, -0.25) is 48.5 Å². The van der Waals surface area contributed by atoms with E-state index in [1.807, 2.05) is 0 Å². The van der Waals surface area contributed by atoms with Crippen molar-refractivity contribution < 1.29 is 31.2 Å². The lowest BCUT2D eigenvalue weighted by molar-refractivity contribution is 0.253. The van der Waals surface area contributed by atoms with Crippen LogP contribution in [0, 0.1) is 0 Å². The number of nitrogens with one attached hydrogen (secondary N) is 9. The number of hydrogen-bond acceptors (Lipinski definition) is 13. The van der Waals surface area contributed by atoms with Crippen LogP contribution in [-0.2, 0) is 19.7 Å². The number of hydrazine groups is 3. The van der Waals surface area contributed by atoms with Gasteiger partial charge in [0.2, 0.25) is 17.8 Å². The van der Waals surface area contributed by atoms with Gasteiger partial charge in [0.15, 0.2) is 19.7 Å². The van der Waals surface area contributed by atoms with Crippen molar-refractivity contribution in [2.24, 2.45) is 0 Å². The van der Waals surface area contributed by atoms with Crippen LogP contribution in [0.1, 0.15) is 0 Å². The molecule has 4 rings (SSSR count). The van der Waals surface area contributed by atoms with E-state index in [4.69, 9.17) is 0 Å². The molecule has 0 saturated carbocycles. The number of carbonyl (C=O) groups is 3. The van der Waals surface area contributed by atoms with Crippen molar-refractivity contribution in [3.05, 3.63) is 78.9 Å². The molecule has 9 N–H and O–H groups in total. The van der Waals surface area contributed by atoms with Crippen molar-refractivity contribution in [2.75, 3.05) is 44.7 Å². The highest BCUT2D eigenvalue weighted by molar-refractivity contribution is 7.91. The van der Waals surface area contributed by atoms with Gasteiger partial charge in [-0.25, -0.2) is 31.2 Å². The second-order valence-electron chi connectivity index (χ2n) is 9.38. The van der Waals surface area contributed by atoms with Gasteiger partial charge in [-0.05, 0) is 60.7 Å². The molecule has 0 unspecified atom stereocenters. The Morgan fingerprint density at radius 1 is 0.468 bits per heavy atom. The van der Waals surface area contributed by atoms with Crippen LogP contribution in [0.15, 0.2) is 88.7 Å². The third-order valence-corrected chi connectivity index (χ3v) is 7.87. The molecule has 0 aliphatic rings. The minimum Gasteiger partial charge on any atom is -0.297 e. The number of para-hydroxylation sites is 1. The number of amides is 6. The van der Waals surface area contributed by atoms with Gasteiger partial charge in [0.1, 0.15) is 0 Å². The molecule has 21 heteroatoms. The monoisotopic (exact) mass is 684 g/mol. The first-order valence-corrected chi connectivity index (χ1v) is 16.9. The lowest BCUT2D eigenvalue weighted by Gasteiger charge is -2.13. The van der Waals surface area contributed by atoms with Crippen LogP contribution in [0.3, 0.4) is 0 Å². The van der Waals surface area contributed by atoms with Crippen molar-refractivity contribution in [3.8, 4) is 0 Å². The van der Waals surface area contributed by atoms with Crippen molar-refractivity contribution in [1.29, 1.82) is 0 Å². The van der Waals surface area contributed by atoms with E-state index in [2.05, 4.69) is 63.5 Å². The Morgan fingerprint density at radius 2 is 0.766 bits per heavy atom. The quantitative estimate of drug-likeness (QED) is 0.103. The van der Waals surface area contributed by atoms with Gasteiger partial charge < -0.3 is 0 Å². The molecule has 246 valence electrons. The summed E-state index contributed by atoms with van der Waals surface area (Å²) in [5.41, 5.74) is 16.1. The molecular weight excluding hydrogens is 656 g/mol. The maximum Gasteiger partial charge on any atom is 0.340 e. The van der Waals surface area contributed by atoms with Crippen LogP contribution < -0.4 is 48.5 Å². The molecule has 1 heterocycles. The second-order valence-corrected chi connectivity index (χ2v) is 13.4. The average Bonchev–Trinajstić information content (AvgIpc) is 3.02. The van der Waals surface area contributed by atoms with E-state index < -0.39 is 49.7 Å². The number of benzene rings is 3. The maximum absolute atomic E-state index is 12.5. The molecule has 0 aliphatic carbocycles. The molecular formula is C26H28N12O7S2. The highest BCUT2D eigenvalue weighted by Crippen LogP contribution is 2.15. The summed E-state index contributed by atoms with van der Waals surface area (Å²) < 4.78 is 46.6. The van der Waals surface area contributed by atoms with Crippen LogP contribution in [0.4, 0.5) is 49.3 Å². The minimum absolute atomic E-state index is 0.0878. The predicted octanol–water partition coefficient (Wildman–Crippen LogP) is 2.12. The molecule has 0 radical (unpaired) electrons. The number of aromatic nitrogens is 3. The number of hydrogen-bond donors (Lipinski definition) is 9. The van der Waals surface area contributed by atoms with Crippen molar-refractivity contribution in [1.82, 2.24) is 31.2 Å². The number of rotatable bonds is 11. The van der Waals surface area contributed by atoms with Crippen LogP contribution >= 0.6 is 0 Å². The van der Waals surface area contributed by atoms with E-state index >= 15 is 0 Å². The van der Waals surface area contributed by atoms with E-state index in [1.54, 1.807) is 30.3 Å². The normalized spacial score (nSPS) is 10.9. The largest absolute Gasteiger partial charge is 0.340 e. The van der Waals surface area contributed by atoms with E-state index in [-0.39, 0.29) is 15.7 Å². The summed E-state index contributed by atoms with van der Waals surface area (Å²) in [5, 5.41) is 6.97. The molecule has 19 nitrogen and oxygen atoms in total. The molecule has 0 aliphatic heterocycles. The van der Waals surface area contributed by atoms with Crippen LogP contribution in [-0.4, -0.2) is 62.4 Å². The molecule has 6 amide bonds. The van der Waals surface area contributed by atoms with Gasteiger partial charge in [-0.1, -0.05) is 18.2 Å². The number of carbonyl (C=O) groups excluding carboxylic acids is 3. The molecule has 0 spiro atoms. The summed E-state index contributed by atoms with van der Waals surface area (Å²) in [5.74, 6) is -1.15. The summed E-state index contributed by atoms with van der Waals surface area (Å²) in [6.07, 6.45) is 2.12. The Hall–Kier alpha value is -6.22. The van der Waals surface area contributed by atoms with E-state index in [0.717, 1.165) is 12.5 Å². The Labute approximate surface area is 268 Å². The standard InChI is InChI=1S/C26H28N12O7S2/c1-46(42,43)19-12-8-17(9-13-19)34-37-25(40)31-22-27-21(30-24(39)36-33-16-6-4-3-5-7-16)28-23(29-22)32-26(41)38-35-18-10-14-20(15-11-18)47(2,44)45/h3-15,33-35H,1-2H3,(H6,27,28,29,30,31,32,36,37,38,39,40,41). The Kier molecular flexibility index (Phi) is 10.5. The predicted molar refractivity (Wildman–Crippen MR) is 173 cm³/mol. The maximum atomic E-state index is 12.5. The number of anilines is 6. The Balaban J connectivity index is 1.42. The smallest absolute Gasteiger partial charge is 0.297 e. The molecule has 47 heavy (non-hydrogen) atoms. The van der Waals surface area contributed by atoms with Crippen LogP contribution in [0.2, 0.25) is 0 Å². The highest BCUT2D eigenvalue weighted by Gasteiger charge is 2.15. The average molecular weight is 685 g/mol. The topological polar surface area (TPSA) is 266 Å². The molecule has 0 fully saturated rings. The summed E-state index contributed by atoms with van der Waals surface area (Å²) in [6.45, 7) is 0. The Bertz CT molecular complexity index is 1850. The van der Waals surface area contributed by atoms with Crippen LogP contribution in [0.25, 0.3) is 0 Å². The zero-order chi connectivity index (χ0) is 34.0. The Morgan fingerprint density at radius 3 is 1.06 bits per heavy atom. The highest BCUT2D eigenvalue weighted by atomic mass is 32.2. The zero-order valence-electron chi connectivity index (χ0n) is 24.5. The molecule has 0 atom stereocenters. The molecule has 4 aromatic rings.